The van der Waals surface area contributed by atoms with Crippen molar-refractivity contribution in [1.29, 1.82) is 0 Å². The van der Waals surface area contributed by atoms with Crippen LogP contribution in [0.2, 0.25) is 0 Å². The highest BCUT2D eigenvalue weighted by Gasteiger charge is 2.16. The molecule has 0 fully saturated rings. The monoisotopic (exact) mass is 389 g/mol. The normalized spacial score (nSPS) is 11.9. The predicted octanol–water partition coefficient (Wildman–Crippen LogP) is 2.89. The molecule has 0 aliphatic heterocycles. The van der Waals surface area contributed by atoms with Gasteiger partial charge in [0.15, 0.2) is 0 Å². The van der Waals surface area contributed by atoms with E-state index in [-0.39, 0.29) is 36.9 Å². The van der Waals surface area contributed by atoms with E-state index in [0.29, 0.717) is 5.69 Å². The summed E-state index contributed by atoms with van der Waals surface area (Å²) in [7, 11) is 1.65. The van der Waals surface area contributed by atoms with Crippen molar-refractivity contribution in [2.24, 2.45) is 0 Å². The molecule has 0 spiro atoms. The molecular weight excluding hydrogens is 364 g/mol. The zero-order valence-electron chi connectivity index (χ0n) is 16.3. The first kappa shape index (κ1) is 21.5. The Morgan fingerprint density at radius 3 is 2.18 bits per heavy atom. The number of nitrogens with one attached hydrogen (secondary N) is 2. The molecule has 2 aromatic carbocycles. The van der Waals surface area contributed by atoms with Gasteiger partial charge in [-0.2, -0.15) is 0 Å². The maximum atomic E-state index is 13.7. The predicted molar refractivity (Wildman–Crippen MR) is 105 cm³/mol. The molecule has 28 heavy (non-hydrogen) atoms. The molecule has 2 aromatic rings. The lowest BCUT2D eigenvalue weighted by Crippen LogP contribution is -2.42. The quantitative estimate of drug-likeness (QED) is 0.730. The van der Waals surface area contributed by atoms with Crippen LogP contribution in [0.3, 0.4) is 0 Å². The Balaban J connectivity index is 1.78. The number of carbonyl (C=O) groups excluding carboxylic acids is 2. The van der Waals surface area contributed by atoms with E-state index in [0.717, 1.165) is 5.56 Å². The molecule has 2 N–H and O–H groups in total. The summed E-state index contributed by atoms with van der Waals surface area (Å²) >= 11 is 0. The number of rotatable bonds is 8. The highest BCUT2D eigenvalue weighted by Crippen LogP contribution is 2.14. The van der Waals surface area contributed by atoms with E-state index in [1.54, 1.807) is 18.9 Å². The smallest absolute Gasteiger partial charge is 0.238 e. The van der Waals surface area contributed by atoms with Crippen LogP contribution in [0.25, 0.3) is 0 Å². The van der Waals surface area contributed by atoms with Gasteiger partial charge in [-0.1, -0.05) is 23.8 Å². The van der Waals surface area contributed by atoms with Crippen LogP contribution in [-0.2, 0) is 16.0 Å². The van der Waals surface area contributed by atoms with Gasteiger partial charge in [0.25, 0.3) is 0 Å². The Morgan fingerprint density at radius 1 is 1.00 bits per heavy atom. The summed E-state index contributed by atoms with van der Waals surface area (Å²) in [5.74, 6) is -1.83. The van der Waals surface area contributed by atoms with Crippen molar-refractivity contribution in [2.45, 2.75) is 26.3 Å². The molecule has 7 heteroatoms. The highest BCUT2D eigenvalue weighted by atomic mass is 19.1. The number of halogens is 2. The summed E-state index contributed by atoms with van der Waals surface area (Å²) in [4.78, 5) is 25.8. The molecule has 1 unspecified atom stereocenters. The van der Waals surface area contributed by atoms with Crippen LogP contribution in [0.4, 0.5) is 14.5 Å². The van der Waals surface area contributed by atoms with Gasteiger partial charge in [0.05, 0.1) is 13.1 Å². The maximum Gasteiger partial charge on any atom is 0.238 e. The molecule has 0 heterocycles. The molecule has 5 nitrogen and oxygen atoms in total. The van der Waals surface area contributed by atoms with Gasteiger partial charge < -0.3 is 10.6 Å². The summed E-state index contributed by atoms with van der Waals surface area (Å²) in [6.07, 6.45) is 0.0435. The van der Waals surface area contributed by atoms with E-state index in [1.807, 2.05) is 31.2 Å². The van der Waals surface area contributed by atoms with Crippen LogP contribution in [0.5, 0.6) is 0 Å². The largest absolute Gasteiger partial charge is 0.352 e. The first-order valence-electron chi connectivity index (χ1n) is 9.02. The molecule has 2 amide bonds. The van der Waals surface area contributed by atoms with Crippen LogP contribution in [0.15, 0.2) is 42.5 Å². The molecule has 1 atom stereocenters. The fourth-order valence-corrected chi connectivity index (χ4v) is 2.79. The van der Waals surface area contributed by atoms with Gasteiger partial charge in [-0.3, -0.25) is 14.5 Å². The average molecular weight is 389 g/mol. The van der Waals surface area contributed by atoms with Gasteiger partial charge in [0.2, 0.25) is 11.8 Å². The lowest BCUT2D eigenvalue weighted by Gasteiger charge is -2.19. The minimum atomic E-state index is -0.633. The number of likely N-dealkylation sites (N-methyl/N-ethyl adjacent to an activating group) is 1. The van der Waals surface area contributed by atoms with Crippen LogP contribution in [0.1, 0.15) is 18.1 Å². The Morgan fingerprint density at radius 2 is 1.57 bits per heavy atom. The Bertz CT molecular complexity index is 805. The van der Waals surface area contributed by atoms with Crippen LogP contribution < -0.4 is 10.6 Å². The minimum absolute atomic E-state index is 0.00852. The van der Waals surface area contributed by atoms with E-state index in [9.17, 15) is 18.4 Å². The van der Waals surface area contributed by atoms with Crippen molar-refractivity contribution in [3.8, 4) is 0 Å². The molecule has 0 aromatic heterocycles. The molecule has 2 rings (SSSR count). The standard InChI is InChI=1S/C21H25F2N3O2/c1-14-7-9-16(10-8-14)25-21(28)13-26(3)12-20(27)24-15(2)11-17-18(22)5-4-6-19(17)23/h4-10,15H,11-13H2,1-3H3,(H,24,27)(H,25,28). The van der Waals surface area contributed by atoms with Crippen molar-refractivity contribution in [3.05, 3.63) is 65.2 Å². The molecule has 150 valence electrons. The SMILES string of the molecule is Cc1ccc(NC(=O)CN(C)CC(=O)NC(C)Cc2c(F)cccc2F)cc1. The second kappa shape index (κ2) is 9.94. The first-order chi connectivity index (χ1) is 13.2. The molecule has 0 saturated heterocycles. The van der Waals surface area contributed by atoms with E-state index in [4.69, 9.17) is 0 Å². The molecule has 0 aliphatic rings. The fraction of sp³-hybridized carbons (Fsp3) is 0.333. The first-order valence-corrected chi connectivity index (χ1v) is 9.02. The summed E-state index contributed by atoms with van der Waals surface area (Å²) in [6, 6.07) is 10.6. The third-order valence-corrected chi connectivity index (χ3v) is 4.14. The molecule has 0 saturated carbocycles. The Hall–Kier alpha value is -2.80. The number of hydrogen-bond acceptors (Lipinski definition) is 3. The molecule has 0 bridgehead atoms. The second-order valence-electron chi connectivity index (χ2n) is 6.96. The van der Waals surface area contributed by atoms with Crippen molar-refractivity contribution < 1.29 is 18.4 Å². The van der Waals surface area contributed by atoms with E-state index < -0.39 is 17.7 Å². The van der Waals surface area contributed by atoms with Crippen molar-refractivity contribution >= 4 is 17.5 Å². The number of aryl methyl sites for hydroxylation is 1. The number of anilines is 1. The summed E-state index contributed by atoms with van der Waals surface area (Å²) in [5.41, 5.74) is 1.73. The number of benzene rings is 2. The topological polar surface area (TPSA) is 61.4 Å². The number of amides is 2. The second-order valence-corrected chi connectivity index (χ2v) is 6.96. The van der Waals surface area contributed by atoms with Crippen LogP contribution in [0, 0.1) is 18.6 Å². The zero-order chi connectivity index (χ0) is 20.7. The summed E-state index contributed by atoms with van der Waals surface area (Å²) < 4.78 is 27.4. The third kappa shape index (κ3) is 6.74. The van der Waals surface area contributed by atoms with Gasteiger partial charge in [-0.25, -0.2) is 8.78 Å². The summed E-state index contributed by atoms with van der Waals surface area (Å²) in [6.45, 7) is 3.66. The van der Waals surface area contributed by atoms with Crippen molar-refractivity contribution in [1.82, 2.24) is 10.2 Å². The van der Waals surface area contributed by atoms with Gasteiger partial charge in [-0.15, -0.1) is 0 Å². The van der Waals surface area contributed by atoms with Gasteiger partial charge in [-0.05, 0) is 51.6 Å². The van der Waals surface area contributed by atoms with Crippen molar-refractivity contribution in [3.63, 3.8) is 0 Å². The van der Waals surface area contributed by atoms with Gasteiger partial charge in [0, 0.05) is 17.3 Å². The average Bonchev–Trinajstić information content (AvgIpc) is 2.60. The van der Waals surface area contributed by atoms with Gasteiger partial charge >= 0.3 is 0 Å². The lowest BCUT2D eigenvalue weighted by atomic mass is 10.1. The number of carbonyl (C=O) groups is 2. The van der Waals surface area contributed by atoms with Gasteiger partial charge in [0.1, 0.15) is 11.6 Å². The van der Waals surface area contributed by atoms with Crippen LogP contribution >= 0.6 is 0 Å². The molecule has 0 aliphatic carbocycles. The number of hydrogen-bond donors (Lipinski definition) is 2. The highest BCUT2D eigenvalue weighted by molar-refractivity contribution is 5.92. The molecular formula is C21H25F2N3O2. The van der Waals surface area contributed by atoms with E-state index in [1.165, 1.54) is 18.2 Å². The Labute approximate surface area is 163 Å². The van der Waals surface area contributed by atoms with E-state index >= 15 is 0 Å². The van der Waals surface area contributed by atoms with Crippen LogP contribution in [-0.4, -0.2) is 42.9 Å². The zero-order valence-corrected chi connectivity index (χ0v) is 16.3. The maximum absolute atomic E-state index is 13.7. The lowest BCUT2D eigenvalue weighted by molar-refractivity contribution is -0.123. The molecule has 0 radical (unpaired) electrons. The minimum Gasteiger partial charge on any atom is -0.352 e. The third-order valence-electron chi connectivity index (χ3n) is 4.14. The van der Waals surface area contributed by atoms with E-state index in [2.05, 4.69) is 10.6 Å². The summed E-state index contributed by atoms with van der Waals surface area (Å²) in [5, 5.41) is 5.46. The Kier molecular flexibility index (Phi) is 7.63. The van der Waals surface area contributed by atoms with Crippen molar-refractivity contribution in [2.75, 3.05) is 25.5 Å². The fourth-order valence-electron chi connectivity index (χ4n) is 2.79. The number of nitrogens with zero attached hydrogens (tertiary/aromatic N) is 1.